The fourth-order valence-electron chi connectivity index (χ4n) is 1.78. The van der Waals surface area contributed by atoms with E-state index in [9.17, 15) is 30.6 Å². The first kappa shape index (κ1) is 11.9. The van der Waals surface area contributed by atoms with E-state index in [0.717, 1.165) is 6.07 Å². The van der Waals surface area contributed by atoms with Crippen LogP contribution in [-0.4, -0.2) is 30.6 Å². The van der Waals surface area contributed by atoms with Crippen LogP contribution in [0.1, 0.15) is 0 Å². The van der Waals surface area contributed by atoms with Crippen molar-refractivity contribution in [3.63, 3.8) is 0 Å². The van der Waals surface area contributed by atoms with Gasteiger partial charge in [-0.2, -0.15) is 0 Å². The van der Waals surface area contributed by atoms with Gasteiger partial charge in [0.05, 0.1) is 0 Å². The summed E-state index contributed by atoms with van der Waals surface area (Å²) in [6, 6.07) is 2.37. The number of ether oxygens (including phenoxy) is 2. The number of benzene rings is 2. The summed E-state index contributed by atoms with van der Waals surface area (Å²) in [5, 5.41) is 57.1. The Kier molecular flexibility index (Phi) is 2.18. The summed E-state index contributed by atoms with van der Waals surface area (Å²) in [5.74, 6) is -6.14. The van der Waals surface area contributed by atoms with Crippen LogP contribution in [0.25, 0.3) is 0 Å². The van der Waals surface area contributed by atoms with Crippen LogP contribution in [0.3, 0.4) is 0 Å². The summed E-state index contributed by atoms with van der Waals surface area (Å²) in [5.41, 5.74) is 0. The molecule has 0 radical (unpaired) electrons. The molecule has 2 aromatic carbocycles. The topological polar surface area (TPSA) is 140 Å². The molecule has 1 aliphatic rings. The number of aromatic hydroxyl groups is 6. The zero-order valence-electron chi connectivity index (χ0n) is 9.65. The first-order valence-corrected chi connectivity index (χ1v) is 5.32. The summed E-state index contributed by atoms with van der Waals surface area (Å²) < 4.78 is 10.3. The first-order chi connectivity index (χ1) is 9.41. The highest BCUT2D eigenvalue weighted by Crippen LogP contribution is 2.62. The van der Waals surface area contributed by atoms with E-state index >= 15 is 0 Å². The number of fused-ring (bicyclic) bond motifs is 2. The average molecular weight is 280 g/mol. The fraction of sp³-hybridized carbons (Fsp3) is 0. The number of hydrogen-bond donors (Lipinski definition) is 6. The molecule has 0 bridgehead atoms. The minimum absolute atomic E-state index is 0.0624. The first-order valence-electron chi connectivity index (χ1n) is 5.32. The molecule has 0 fully saturated rings. The zero-order chi connectivity index (χ0) is 14.6. The predicted molar refractivity (Wildman–Crippen MR) is 63.0 cm³/mol. The lowest BCUT2D eigenvalue weighted by molar-refractivity contribution is 0.280. The van der Waals surface area contributed by atoms with Crippen molar-refractivity contribution in [3.05, 3.63) is 12.1 Å². The maximum Gasteiger partial charge on any atom is 0.220 e. The van der Waals surface area contributed by atoms with Crippen molar-refractivity contribution < 1.29 is 40.1 Å². The summed E-state index contributed by atoms with van der Waals surface area (Å²) in [7, 11) is 0. The second kappa shape index (κ2) is 3.67. The Morgan fingerprint density at radius 3 is 1.70 bits per heavy atom. The van der Waals surface area contributed by atoms with E-state index in [-0.39, 0.29) is 11.5 Å². The molecular weight excluding hydrogens is 272 g/mol. The van der Waals surface area contributed by atoms with E-state index < -0.39 is 46.0 Å². The molecule has 8 heteroatoms. The van der Waals surface area contributed by atoms with Crippen molar-refractivity contribution in [1.82, 2.24) is 0 Å². The maximum absolute atomic E-state index is 9.66. The van der Waals surface area contributed by atoms with Gasteiger partial charge in [-0.1, -0.05) is 0 Å². The van der Waals surface area contributed by atoms with Gasteiger partial charge < -0.3 is 40.1 Å². The van der Waals surface area contributed by atoms with Gasteiger partial charge in [0.2, 0.25) is 46.0 Å². The normalized spacial score (nSPS) is 12.0. The van der Waals surface area contributed by atoms with E-state index in [1.807, 2.05) is 0 Å². The van der Waals surface area contributed by atoms with Gasteiger partial charge in [0, 0.05) is 0 Å². The molecule has 3 rings (SSSR count). The van der Waals surface area contributed by atoms with Crippen LogP contribution >= 0.6 is 0 Å². The highest BCUT2D eigenvalue weighted by Gasteiger charge is 2.33. The standard InChI is InChI=1S/C12H8O8/c13-3-1-2-4-10(5(3)14)20-12-9(18)7(16)6(15)8(17)11(12)19-4/h1-2,13-18H. The third kappa shape index (κ3) is 1.35. The lowest BCUT2D eigenvalue weighted by atomic mass is 10.2. The molecule has 0 unspecified atom stereocenters. The number of phenols is 6. The Morgan fingerprint density at radius 1 is 0.550 bits per heavy atom. The summed E-state index contributed by atoms with van der Waals surface area (Å²) in [4.78, 5) is 0. The number of hydrogen-bond acceptors (Lipinski definition) is 8. The third-order valence-corrected chi connectivity index (χ3v) is 2.80. The predicted octanol–water partition coefficient (Wildman–Crippen LogP) is 1.82. The van der Waals surface area contributed by atoms with Gasteiger partial charge in [0.15, 0.2) is 11.5 Å². The molecule has 1 heterocycles. The van der Waals surface area contributed by atoms with Gasteiger partial charge in [0.25, 0.3) is 0 Å². The third-order valence-electron chi connectivity index (χ3n) is 2.80. The van der Waals surface area contributed by atoms with Gasteiger partial charge in [-0.25, -0.2) is 0 Å². The lowest BCUT2D eigenvalue weighted by Gasteiger charge is -2.23. The van der Waals surface area contributed by atoms with Crippen molar-refractivity contribution in [3.8, 4) is 57.5 Å². The largest absolute Gasteiger partial charge is 0.504 e. The van der Waals surface area contributed by atoms with Crippen molar-refractivity contribution in [2.24, 2.45) is 0 Å². The molecule has 0 saturated carbocycles. The van der Waals surface area contributed by atoms with Crippen molar-refractivity contribution in [2.75, 3.05) is 0 Å². The van der Waals surface area contributed by atoms with Crippen LogP contribution < -0.4 is 9.47 Å². The Labute approximate surface area is 110 Å². The molecule has 104 valence electrons. The fourth-order valence-corrected chi connectivity index (χ4v) is 1.78. The molecule has 0 aromatic heterocycles. The van der Waals surface area contributed by atoms with E-state index in [2.05, 4.69) is 0 Å². The summed E-state index contributed by atoms with van der Waals surface area (Å²) in [6.07, 6.45) is 0. The SMILES string of the molecule is Oc1ccc2c(c1O)Oc1c(O)c(O)c(O)c(O)c1O2. The van der Waals surface area contributed by atoms with Crippen molar-refractivity contribution in [2.45, 2.75) is 0 Å². The summed E-state index contributed by atoms with van der Waals surface area (Å²) >= 11 is 0. The molecule has 0 amide bonds. The van der Waals surface area contributed by atoms with Gasteiger partial charge in [-0.05, 0) is 12.1 Å². The van der Waals surface area contributed by atoms with Crippen LogP contribution in [0.2, 0.25) is 0 Å². The molecule has 0 saturated heterocycles. The Balaban J connectivity index is 2.26. The number of rotatable bonds is 0. The summed E-state index contributed by atoms with van der Waals surface area (Å²) in [6.45, 7) is 0. The van der Waals surface area contributed by atoms with Gasteiger partial charge in [0.1, 0.15) is 0 Å². The van der Waals surface area contributed by atoms with Crippen LogP contribution in [0.5, 0.6) is 57.5 Å². The quantitative estimate of drug-likeness (QED) is 0.270. The molecule has 0 aliphatic carbocycles. The van der Waals surface area contributed by atoms with Crippen LogP contribution in [0, 0.1) is 0 Å². The van der Waals surface area contributed by atoms with Crippen molar-refractivity contribution in [1.29, 1.82) is 0 Å². The maximum atomic E-state index is 9.66. The molecule has 1 aliphatic heterocycles. The van der Waals surface area contributed by atoms with E-state index in [4.69, 9.17) is 9.47 Å². The van der Waals surface area contributed by atoms with E-state index in [1.165, 1.54) is 6.07 Å². The monoisotopic (exact) mass is 280 g/mol. The minimum Gasteiger partial charge on any atom is -0.504 e. The van der Waals surface area contributed by atoms with Crippen molar-refractivity contribution >= 4 is 0 Å². The van der Waals surface area contributed by atoms with E-state index in [1.54, 1.807) is 0 Å². The molecule has 6 N–H and O–H groups in total. The van der Waals surface area contributed by atoms with Crippen LogP contribution in [0.4, 0.5) is 0 Å². The molecule has 0 spiro atoms. The Hall–Kier alpha value is -3.16. The second-order valence-electron chi connectivity index (χ2n) is 4.02. The van der Waals surface area contributed by atoms with Crippen LogP contribution in [0.15, 0.2) is 12.1 Å². The number of phenolic OH excluding ortho intramolecular Hbond substituents is 6. The van der Waals surface area contributed by atoms with E-state index in [0.29, 0.717) is 0 Å². The van der Waals surface area contributed by atoms with Gasteiger partial charge in [-0.3, -0.25) is 0 Å². The molecule has 0 atom stereocenters. The Morgan fingerprint density at radius 2 is 1.10 bits per heavy atom. The smallest absolute Gasteiger partial charge is 0.220 e. The molecular formula is C12H8O8. The molecule has 8 nitrogen and oxygen atoms in total. The average Bonchev–Trinajstić information content (AvgIpc) is 2.45. The zero-order valence-corrected chi connectivity index (χ0v) is 9.65. The highest BCUT2D eigenvalue weighted by atomic mass is 16.6. The molecule has 20 heavy (non-hydrogen) atoms. The van der Waals surface area contributed by atoms with Gasteiger partial charge >= 0.3 is 0 Å². The van der Waals surface area contributed by atoms with Crippen LogP contribution in [-0.2, 0) is 0 Å². The second-order valence-corrected chi connectivity index (χ2v) is 4.02. The Bertz CT molecular complexity index is 737. The van der Waals surface area contributed by atoms with Gasteiger partial charge in [-0.15, -0.1) is 0 Å². The highest BCUT2D eigenvalue weighted by molar-refractivity contribution is 5.75. The minimum atomic E-state index is -1.01. The molecule has 2 aromatic rings. The lowest BCUT2D eigenvalue weighted by Crippen LogP contribution is -2.00.